The topological polar surface area (TPSA) is 9.23 Å². The van der Waals surface area contributed by atoms with Gasteiger partial charge in [-0.1, -0.05) is 30.9 Å². The summed E-state index contributed by atoms with van der Waals surface area (Å²) < 4.78 is 5.87. The number of aryl methyl sites for hydroxylation is 1. The molecular weight excluding hydrogens is 171 g/mol. The second kappa shape index (κ2) is 4.08. The van der Waals surface area contributed by atoms with Crippen molar-refractivity contribution in [3.63, 3.8) is 0 Å². The standard InChI is InChI=1S/C12H15BO/c1-2-3-11-6-4-9-8-10(13)5-7-12(9)14-11/h5,7-8,11H,2-4,6H2,1H3. The minimum absolute atomic E-state index is 0.413. The maximum Gasteiger partial charge on any atom is 0.122 e. The van der Waals surface area contributed by atoms with Crippen LogP contribution in [0.1, 0.15) is 31.7 Å². The lowest BCUT2D eigenvalue weighted by Gasteiger charge is -2.26. The normalized spacial score (nSPS) is 19.9. The van der Waals surface area contributed by atoms with Gasteiger partial charge in [-0.25, -0.2) is 0 Å². The largest absolute Gasteiger partial charge is 0.490 e. The number of hydrogen-bond acceptors (Lipinski definition) is 1. The van der Waals surface area contributed by atoms with Crippen LogP contribution in [0.3, 0.4) is 0 Å². The highest BCUT2D eigenvalue weighted by Crippen LogP contribution is 2.27. The van der Waals surface area contributed by atoms with Gasteiger partial charge in [-0.15, -0.1) is 0 Å². The van der Waals surface area contributed by atoms with E-state index in [2.05, 4.69) is 6.92 Å². The van der Waals surface area contributed by atoms with Gasteiger partial charge >= 0.3 is 0 Å². The second-order valence-corrected chi connectivity index (χ2v) is 3.93. The van der Waals surface area contributed by atoms with Crippen LogP contribution >= 0.6 is 0 Å². The van der Waals surface area contributed by atoms with E-state index < -0.39 is 0 Å². The Kier molecular flexibility index (Phi) is 2.81. The third-order valence-corrected chi connectivity index (χ3v) is 2.72. The highest BCUT2D eigenvalue weighted by molar-refractivity contribution is 6.32. The lowest BCUT2D eigenvalue weighted by Crippen LogP contribution is -2.23. The van der Waals surface area contributed by atoms with Gasteiger partial charge in [-0.05, 0) is 30.9 Å². The molecule has 0 N–H and O–H groups in total. The zero-order chi connectivity index (χ0) is 9.97. The van der Waals surface area contributed by atoms with E-state index in [4.69, 9.17) is 12.6 Å². The summed E-state index contributed by atoms with van der Waals surface area (Å²) in [5.41, 5.74) is 2.10. The Morgan fingerprint density at radius 3 is 3.14 bits per heavy atom. The smallest absolute Gasteiger partial charge is 0.122 e. The van der Waals surface area contributed by atoms with Crippen LogP contribution in [-0.4, -0.2) is 14.0 Å². The molecule has 1 heterocycles. The summed E-state index contributed by atoms with van der Waals surface area (Å²) in [6.07, 6.45) is 4.99. The minimum Gasteiger partial charge on any atom is -0.490 e. The van der Waals surface area contributed by atoms with Crippen molar-refractivity contribution in [3.05, 3.63) is 23.8 Å². The molecule has 0 fully saturated rings. The molecule has 0 bridgehead atoms. The van der Waals surface area contributed by atoms with Crippen molar-refractivity contribution in [2.24, 2.45) is 0 Å². The highest BCUT2D eigenvalue weighted by Gasteiger charge is 2.18. The Labute approximate surface area is 86.9 Å². The Bertz CT molecular complexity index is 322. The molecule has 0 amide bonds. The van der Waals surface area contributed by atoms with Crippen molar-refractivity contribution in [1.29, 1.82) is 0 Å². The molecule has 1 nitrogen and oxygen atoms in total. The fourth-order valence-corrected chi connectivity index (χ4v) is 1.99. The molecule has 14 heavy (non-hydrogen) atoms. The van der Waals surface area contributed by atoms with E-state index >= 15 is 0 Å². The van der Waals surface area contributed by atoms with Gasteiger partial charge in [0.1, 0.15) is 13.6 Å². The first-order valence-corrected chi connectivity index (χ1v) is 5.34. The van der Waals surface area contributed by atoms with Crippen molar-refractivity contribution < 1.29 is 4.74 Å². The minimum atomic E-state index is 0.413. The van der Waals surface area contributed by atoms with E-state index in [0.717, 1.165) is 30.5 Å². The van der Waals surface area contributed by atoms with E-state index in [0.29, 0.717) is 6.10 Å². The summed E-state index contributed by atoms with van der Waals surface area (Å²) in [6.45, 7) is 2.20. The van der Waals surface area contributed by atoms with Crippen LogP contribution in [0.15, 0.2) is 18.2 Å². The quantitative estimate of drug-likeness (QED) is 0.641. The monoisotopic (exact) mass is 186 g/mol. The van der Waals surface area contributed by atoms with Crippen LogP contribution in [-0.2, 0) is 6.42 Å². The molecule has 2 heteroatoms. The molecule has 2 radical (unpaired) electrons. The van der Waals surface area contributed by atoms with E-state index in [9.17, 15) is 0 Å². The molecule has 1 aliphatic rings. The van der Waals surface area contributed by atoms with Gasteiger partial charge in [0.05, 0.1) is 6.10 Å². The lowest BCUT2D eigenvalue weighted by atomic mass is 9.91. The van der Waals surface area contributed by atoms with Gasteiger partial charge in [0, 0.05) is 0 Å². The molecule has 0 saturated carbocycles. The molecule has 0 saturated heterocycles. The van der Waals surface area contributed by atoms with Crippen LogP contribution < -0.4 is 10.2 Å². The number of fused-ring (bicyclic) bond motifs is 1. The average molecular weight is 186 g/mol. The van der Waals surface area contributed by atoms with Crippen LogP contribution in [0.4, 0.5) is 0 Å². The Hall–Kier alpha value is -0.915. The maximum atomic E-state index is 5.87. The number of hydrogen-bond donors (Lipinski definition) is 0. The molecule has 1 unspecified atom stereocenters. The molecule has 0 spiro atoms. The first-order chi connectivity index (χ1) is 6.79. The number of ether oxygens (including phenoxy) is 1. The van der Waals surface area contributed by atoms with Gasteiger partial charge in [0.15, 0.2) is 0 Å². The molecule has 0 aromatic heterocycles. The molecule has 1 aliphatic heterocycles. The maximum absolute atomic E-state index is 5.87. The summed E-state index contributed by atoms with van der Waals surface area (Å²) >= 11 is 0. The van der Waals surface area contributed by atoms with E-state index in [1.54, 1.807) is 0 Å². The van der Waals surface area contributed by atoms with Gasteiger partial charge in [0.25, 0.3) is 0 Å². The van der Waals surface area contributed by atoms with Gasteiger partial charge in [0.2, 0.25) is 0 Å². The molecular formula is C12H15BO. The fourth-order valence-electron chi connectivity index (χ4n) is 1.99. The van der Waals surface area contributed by atoms with Gasteiger partial charge in [-0.3, -0.25) is 0 Å². The van der Waals surface area contributed by atoms with Gasteiger partial charge < -0.3 is 4.74 Å². The Morgan fingerprint density at radius 1 is 1.50 bits per heavy atom. The Balaban J connectivity index is 2.15. The number of benzene rings is 1. The molecule has 0 aliphatic carbocycles. The fraction of sp³-hybridized carbons (Fsp3) is 0.500. The van der Waals surface area contributed by atoms with Crippen molar-refractivity contribution in [1.82, 2.24) is 0 Å². The Morgan fingerprint density at radius 2 is 2.36 bits per heavy atom. The van der Waals surface area contributed by atoms with E-state index in [-0.39, 0.29) is 0 Å². The van der Waals surface area contributed by atoms with Crippen molar-refractivity contribution in [2.75, 3.05) is 0 Å². The average Bonchev–Trinajstić information content (AvgIpc) is 2.19. The predicted octanol–water partition coefficient (Wildman–Crippen LogP) is 1.97. The zero-order valence-electron chi connectivity index (χ0n) is 8.62. The first kappa shape index (κ1) is 9.63. The third kappa shape index (κ3) is 1.94. The summed E-state index contributed by atoms with van der Waals surface area (Å²) in [5, 5.41) is 0. The SMILES string of the molecule is [B]c1ccc2c(c1)CCC(CCC)O2. The molecule has 1 atom stereocenters. The summed E-state index contributed by atoms with van der Waals surface area (Å²) in [4.78, 5) is 0. The van der Waals surface area contributed by atoms with Crippen molar-refractivity contribution in [2.45, 2.75) is 38.7 Å². The molecule has 72 valence electrons. The van der Waals surface area contributed by atoms with Gasteiger partial charge in [-0.2, -0.15) is 0 Å². The summed E-state index contributed by atoms with van der Waals surface area (Å²) in [6, 6.07) is 5.93. The van der Waals surface area contributed by atoms with E-state index in [1.165, 1.54) is 12.0 Å². The van der Waals surface area contributed by atoms with Crippen LogP contribution in [0, 0.1) is 0 Å². The zero-order valence-corrected chi connectivity index (χ0v) is 8.62. The lowest BCUT2D eigenvalue weighted by molar-refractivity contribution is 0.163. The predicted molar refractivity (Wildman–Crippen MR) is 59.5 cm³/mol. The van der Waals surface area contributed by atoms with Crippen molar-refractivity contribution >= 4 is 13.3 Å². The van der Waals surface area contributed by atoms with Crippen LogP contribution in [0.5, 0.6) is 5.75 Å². The second-order valence-electron chi connectivity index (χ2n) is 3.93. The molecule has 2 rings (SSSR count). The molecule has 1 aromatic rings. The summed E-state index contributed by atoms with van der Waals surface area (Å²) in [5.74, 6) is 1.03. The van der Waals surface area contributed by atoms with Crippen molar-refractivity contribution in [3.8, 4) is 5.75 Å². The van der Waals surface area contributed by atoms with Crippen LogP contribution in [0.25, 0.3) is 0 Å². The summed E-state index contributed by atoms with van der Waals surface area (Å²) in [7, 11) is 5.72. The number of rotatable bonds is 2. The third-order valence-electron chi connectivity index (χ3n) is 2.72. The van der Waals surface area contributed by atoms with E-state index in [1.807, 2.05) is 18.2 Å². The highest BCUT2D eigenvalue weighted by atomic mass is 16.5. The van der Waals surface area contributed by atoms with Crippen LogP contribution in [0.2, 0.25) is 0 Å². The molecule has 1 aromatic carbocycles. The first-order valence-electron chi connectivity index (χ1n) is 5.34.